The van der Waals surface area contributed by atoms with Gasteiger partial charge in [0, 0.05) is 31.8 Å². The monoisotopic (exact) mass is 246 g/mol. The highest BCUT2D eigenvalue weighted by Crippen LogP contribution is 2.07. The zero-order chi connectivity index (χ0) is 13.4. The van der Waals surface area contributed by atoms with Crippen molar-refractivity contribution >= 4 is 5.91 Å². The van der Waals surface area contributed by atoms with Gasteiger partial charge >= 0.3 is 0 Å². The van der Waals surface area contributed by atoms with Gasteiger partial charge in [-0.1, -0.05) is 17.9 Å². The van der Waals surface area contributed by atoms with Crippen LogP contribution in [0.3, 0.4) is 0 Å². The fraction of sp³-hybridized carbons (Fsp3) is 0.357. The summed E-state index contributed by atoms with van der Waals surface area (Å²) in [6, 6.07) is 7.22. The van der Waals surface area contributed by atoms with Crippen LogP contribution in [0.5, 0.6) is 0 Å². The van der Waals surface area contributed by atoms with Crippen LogP contribution in [0, 0.1) is 11.8 Å². The highest BCUT2D eigenvalue weighted by Gasteiger charge is 2.11. The Hall–Kier alpha value is -1.83. The molecule has 1 amide bonds. The standard InChI is InChI=1S/C14H18N2O2/c1-16(9-10-18-2)14(17)13-7-3-5-12(11-13)6-4-8-15/h3,5,7,11H,8-10,15H2,1-2H3. The Labute approximate surface area is 108 Å². The van der Waals surface area contributed by atoms with Crippen LogP contribution in [-0.2, 0) is 4.74 Å². The molecule has 1 aromatic rings. The van der Waals surface area contributed by atoms with Gasteiger partial charge in [0.05, 0.1) is 13.2 Å². The minimum absolute atomic E-state index is 0.0385. The maximum atomic E-state index is 12.1. The molecule has 18 heavy (non-hydrogen) atoms. The summed E-state index contributed by atoms with van der Waals surface area (Å²) in [6.07, 6.45) is 0. The van der Waals surface area contributed by atoms with Gasteiger partial charge in [0.1, 0.15) is 0 Å². The average Bonchev–Trinajstić information content (AvgIpc) is 2.42. The molecule has 0 atom stereocenters. The van der Waals surface area contributed by atoms with Crippen molar-refractivity contribution in [2.45, 2.75) is 0 Å². The second-order valence-corrected chi connectivity index (χ2v) is 3.81. The summed E-state index contributed by atoms with van der Waals surface area (Å²) < 4.78 is 4.95. The lowest BCUT2D eigenvalue weighted by Gasteiger charge is -2.16. The molecule has 0 aliphatic heterocycles. The number of benzene rings is 1. The molecule has 4 nitrogen and oxygen atoms in total. The minimum Gasteiger partial charge on any atom is -0.383 e. The zero-order valence-electron chi connectivity index (χ0n) is 10.8. The molecule has 1 rings (SSSR count). The van der Waals surface area contributed by atoms with Crippen molar-refractivity contribution in [3.8, 4) is 11.8 Å². The second-order valence-electron chi connectivity index (χ2n) is 3.81. The Morgan fingerprint density at radius 1 is 1.50 bits per heavy atom. The first-order valence-corrected chi connectivity index (χ1v) is 5.72. The van der Waals surface area contributed by atoms with Crippen molar-refractivity contribution in [3.05, 3.63) is 35.4 Å². The van der Waals surface area contributed by atoms with Gasteiger partial charge in [-0.3, -0.25) is 4.79 Å². The number of nitrogens with two attached hydrogens (primary N) is 1. The number of carbonyl (C=O) groups is 1. The van der Waals surface area contributed by atoms with Gasteiger partial charge < -0.3 is 15.4 Å². The topological polar surface area (TPSA) is 55.6 Å². The van der Waals surface area contributed by atoms with E-state index in [0.717, 1.165) is 5.56 Å². The molecule has 0 saturated carbocycles. The molecule has 0 spiro atoms. The minimum atomic E-state index is -0.0385. The average molecular weight is 246 g/mol. The van der Waals surface area contributed by atoms with Crippen LogP contribution < -0.4 is 5.73 Å². The first-order valence-electron chi connectivity index (χ1n) is 5.72. The van der Waals surface area contributed by atoms with E-state index in [4.69, 9.17) is 10.5 Å². The van der Waals surface area contributed by atoms with Crippen molar-refractivity contribution in [2.24, 2.45) is 5.73 Å². The van der Waals surface area contributed by atoms with E-state index in [2.05, 4.69) is 11.8 Å². The molecule has 0 aromatic heterocycles. The summed E-state index contributed by atoms with van der Waals surface area (Å²) in [7, 11) is 3.36. The number of ether oxygens (including phenoxy) is 1. The quantitative estimate of drug-likeness (QED) is 0.796. The van der Waals surface area contributed by atoms with Crippen molar-refractivity contribution in [2.75, 3.05) is 33.9 Å². The van der Waals surface area contributed by atoms with Gasteiger partial charge in [-0.05, 0) is 18.2 Å². The lowest BCUT2D eigenvalue weighted by atomic mass is 10.1. The van der Waals surface area contributed by atoms with E-state index in [1.54, 1.807) is 31.2 Å². The molecule has 0 aliphatic carbocycles. The molecule has 0 unspecified atom stereocenters. The molecule has 96 valence electrons. The van der Waals surface area contributed by atoms with Crippen molar-refractivity contribution in [1.82, 2.24) is 4.90 Å². The number of amides is 1. The lowest BCUT2D eigenvalue weighted by molar-refractivity contribution is 0.0744. The Bertz CT molecular complexity index is 460. The molecular formula is C14H18N2O2. The van der Waals surface area contributed by atoms with Gasteiger partial charge in [0.2, 0.25) is 0 Å². The second kappa shape index (κ2) is 7.49. The molecule has 0 heterocycles. The first-order chi connectivity index (χ1) is 8.69. The highest BCUT2D eigenvalue weighted by atomic mass is 16.5. The Morgan fingerprint density at radius 3 is 2.94 bits per heavy atom. The van der Waals surface area contributed by atoms with Gasteiger partial charge in [0.15, 0.2) is 0 Å². The smallest absolute Gasteiger partial charge is 0.253 e. The van der Waals surface area contributed by atoms with Gasteiger partial charge in [-0.25, -0.2) is 0 Å². The summed E-state index contributed by atoms with van der Waals surface area (Å²) in [4.78, 5) is 13.7. The van der Waals surface area contributed by atoms with Crippen LogP contribution in [0.15, 0.2) is 24.3 Å². The summed E-state index contributed by atoms with van der Waals surface area (Å²) in [5.74, 6) is 5.64. The van der Waals surface area contributed by atoms with E-state index in [1.807, 2.05) is 12.1 Å². The summed E-state index contributed by atoms with van der Waals surface area (Å²) >= 11 is 0. The molecular weight excluding hydrogens is 228 g/mol. The summed E-state index contributed by atoms with van der Waals surface area (Å²) in [5, 5.41) is 0. The van der Waals surface area contributed by atoms with E-state index in [0.29, 0.717) is 25.3 Å². The van der Waals surface area contributed by atoms with Crippen molar-refractivity contribution in [1.29, 1.82) is 0 Å². The molecule has 0 bridgehead atoms. The molecule has 0 fully saturated rings. The van der Waals surface area contributed by atoms with Gasteiger partial charge in [-0.2, -0.15) is 0 Å². The third kappa shape index (κ3) is 4.21. The Balaban J connectivity index is 2.79. The van der Waals surface area contributed by atoms with Crippen LogP contribution in [0.2, 0.25) is 0 Å². The van der Waals surface area contributed by atoms with E-state index >= 15 is 0 Å². The van der Waals surface area contributed by atoms with Gasteiger partial charge in [-0.15, -0.1) is 0 Å². The molecule has 0 aliphatic rings. The zero-order valence-corrected chi connectivity index (χ0v) is 10.8. The summed E-state index contributed by atoms with van der Waals surface area (Å²) in [6.45, 7) is 1.40. The third-order valence-electron chi connectivity index (χ3n) is 2.42. The number of likely N-dealkylation sites (N-methyl/N-ethyl adjacent to an activating group) is 1. The number of hydrogen-bond acceptors (Lipinski definition) is 3. The van der Waals surface area contributed by atoms with E-state index in [9.17, 15) is 4.79 Å². The third-order valence-corrected chi connectivity index (χ3v) is 2.42. The predicted octanol–water partition coefficient (Wildman–Crippen LogP) is 0.715. The molecule has 0 saturated heterocycles. The molecule has 1 aromatic carbocycles. The maximum absolute atomic E-state index is 12.1. The first kappa shape index (κ1) is 14.2. The SMILES string of the molecule is COCCN(C)C(=O)c1cccc(C#CCN)c1. The number of rotatable bonds is 4. The fourth-order valence-electron chi connectivity index (χ4n) is 1.43. The van der Waals surface area contributed by atoms with Crippen LogP contribution in [0.25, 0.3) is 0 Å². The van der Waals surface area contributed by atoms with E-state index in [-0.39, 0.29) is 5.91 Å². The maximum Gasteiger partial charge on any atom is 0.253 e. The Kier molecular flexibility index (Phi) is 5.92. The van der Waals surface area contributed by atoms with E-state index in [1.165, 1.54) is 0 Å². The number of hydrogen-bond donors (Lipinski definition) is 1. The normalized spacial score (nSPS) is 9.50. The van der Waals surface area contributed by atoms with Crippen LogP contribution >= 0.6 is 0 Å². The van der Waals surface area contributed by atoms with Gasteiger partial charge in [0.25, 0.3) is 5.91 Å². The number of nitrogens with zero attached hydrogens (tertiary/aromatic N) is 1. The number of methoxy groups -OCH3 is 1. The molecule has 4 heteroatoms. The van der Waals surface area contributed by atoms with Crippen LogP contribution in [-0.4, -0.2) is 44.7 Å². The van der Waals surface area contributed by atoms with Crippen LogP contribution in [0.4, 0.5) is 0 Å². The van der Waals surface area contributed by atoms with Crippen LogP contribution in [0.1, 0.15) is 15.9 Å². The lowest BCUT2D eigenvalue weighted by Crippen LogP contribution is -2.29. The predicted molar refractivity (Wildman–Crippen MR) is 71.2 cm³/mol. The Morgan fingerprint density at radius 2 is 2.28 bits per heavy atom. The summed E-state index contributed by atoms with van der Waals surface area (Å²) in [5.41, 5.74) is 6.73. The molecule has 2 N–H and O–H groups in total. The number of carbonyl (C=O) groups excluding carboxylic acids is 1. The highest BCUT2D eigenvalue weighted by molar-refractivity contribution is 5.94. The largest absolute Gasteiger partial charge is 0.383 e. The molecule has 0 radical (unpaired) electrons. The van der Waals surface area contributed by atoms with E-state index < -0.39 is 0 Å². The fourth-order valence-corrected chi connectivity index (χ4v) is 1.43. The van der Waals surface area contributed by atoms with Crippen molar-refractivity contribution < 1.29 is 9.53 Å². The van der Waals surface area contributed by atoms with Crippen molar-refractivity contribution in [3.63, 3.8) is 0 Å².